The van der Waals surface area contributed by atoms with Crippen LogP contribution < -0.4 is 0 Å². The zero-order valence-electron chi connectivity index (χ0n) is 11.7. The van der Waals surface area contributed by atoms with Crippen molar-refractivity contribution in [1.29, 1.82) is 5.26 Å². The van der Waals surface area contributed by atoms with Gasteiger partial charge in [-0.05, 0) is 30.9 Å². The highest BCUT2D eigenvalue weighted by molar-refractivity contribution is 5.74. The van der Waals surface area contributed by atoms with Gasteiger partial charge in [0.05, 0.1) is 12.5 Å². The molecule has 1 saturated heterocycles. The molecule has 0 bridgehead atoms. The van der Waals surface area contributed by atoms with Crippen molar-refractivity contribution in [3.63, 3.8) is 0 Å². The lowest BCUT2D eigenvalue weighted by molar-refractivity contribution is 0.142. The van der Waals surface area contributed by atoms with Crippen molar-refractivity contribution in [2.45, 2.75) is 32.2 Å². The summed E-state index contributed by atoms with van der Waals surface area (Å²) in [5, 5.41) is 8.76. The molecule has 1 aromatic heterocycles. The molecule has 20 heavy (non-hydrogen) atoms. The summed E-state index contributed by atoms with van der Waals surface area (Å²) >= 11 is 0. The summed E-state index contributed by atoms with van der Waals surface area (Å²) in [4.78, 5) is 20.3. The third kappa shape index (κ3) is 3.95. The van der Waals surface area contributed by atoms with Crippen molar-refractivity contribution in [3.8, 4) is 6.07 Å². The van der Waals surface area contributed by atoms with Crippen molar-refractivity contribution in [3.05, 3.63) is 30.1 Å². The van der Waals surface area contributed by atoms with E-state index in [-0.39, 0.29) is 6.03 Å². The second kappa shape index (κ2) is 7.49. The van der Waals surface area contributed by atoms with Crippen LogP contribution in [0, 0.1) is 11.3 Å². The highest BCUT2D eigenvalue weighted by atomic mass is 16.2. The van der Waals surface area contributed by atoms with Crippen LogP contribution in [0.3, 0.4) is 0 Å². The van der Waals surface area contributed by atoms with E-state index in [1.807, 2.05) is 17.0 Å². The molecule has 0 unspecified atom stereocenters. The molecule has 0 aliphatic carbocycles. The van der Waals surface area contributed by atoms with E-state index < -0.39 is 0 Å². The summed E-state index contributed by atoms with van der Waals surface area (Å²) in [6, 6.07) is 5.98. The molecule has 0 atom stereocenters. The summed E-state index contributed by atoms with van der Waals surface area (Å²) in [6.45, 7) is 2.65. The van der Waals surface area contributed by atoms with Gasteiger partial charge in [0.15, 0.2) is 0 Å². The molecule has 106 valence electrons. The molecule has 1 aromatic rings. The van der Waals surface area contributed by atoms with Crippen LogP contribution in [-0.2, 0) is 6.54 Å². The minimum atomic E-state index is 0.0452. The van der Waals surface area contributed by atoms with E-state index >= 15 is 0 Å². The summed E-state index contributed by atoms with van der Waals surface area (Å²) in [6.07, 6.45) is 7.19. The molecule has 1 fully saturated rings. The standard InChI is InChI=1S/C15H20N4O/c16-7-5-11-19(13-14-6-4-8-17-12-14)15(20)18-9-2-1-3-10-18/h4,6,8,12H,1-3,5,9-11,13H2. The number of aromatic nitrogens is 1. The number of hydrogen-bond donors (Lipinski definition) is 0. The SMILES string of the molecule is N#CCCN(Cc1cccnc1)C(=O)N1CCCCC1. The van der Waals surface area contributed by atoms with E-state index in [9.17, 15) is 4.79 Å². The minimum absolute atomic E-state index is 0.0452. The summed E-state index contributed by atoms with van der Waals surface area (Å²) in [7, 11) is 0. The lowest BCUT2D eigenvalue weighted by Gasteiger charge is -2.32. The fourth-order valence-corrected chi connectivity index (χ4v) is 2.42. The molecule has 1 aliphatic rings. The van der Waals surface area contributed by atoms with Gasteiger partial charge in [-0.3, -0.25) is 4.98 Å². The number of amides is 2. The van der Waals surface area contributed by atoms with Gasteiger partial charge in [0, 0.05) is 38.6 Å². The van der Waals surface area contributed by atoms with E-state index in [2.05, 4.69) is 11.1 Å². The van der Waals surface area contributed by atoms with Crippen LogP contribution in [0.25, 0.3) is 0 Å². The number of rotatable bonds is 4. The monoisotopic (exact) mass is 272 g/mol. The van der Waals surface area contributed by atoms with E-state index in [0.29, 0.717) is 19.5 Å². The Bertz CT molecular complexity index is 463. The Morgan fingerprint density at radius 3 is 2.85 bits per heavy atom. The first-order valence-corrected chi connectivity index (χ1v) is 7.11. The van der Waals surface area contributed by atoms with Crippen molar-refractivity contribution >= 4 is 6.03 Å². The number of carbonyl (C=O) groups is 1. The van der Waals surface area contributed by atoms with Crippen molar-refractivity contribution in [1.82, 2.24) is 14.8 Å². The van der Waals surface area contributed by atoms with Gasteiger partial charge >= 0.3 is 6.03 Å². The molecule has 0 spiro atoms. The first kappa shape index (κ1) is 14.3. The number of likely N-dealkylation sites (tertiary alicyclic amines) is 1. The molecule has 0 saturated carbocycles. The molecule has 2 amide bonds. The van der Waals surface area contributed by atoms with Gasteiger partial charge in [0.25, 0.3) is 0 Å². The van der Waals surface area contributed by atoms with Gasteiger partial charge in [-0.1, -0.05) is 6.07 Å². The normalized spacial score (nSPS) is 14.7. The lowest BCUT2D eigenvalue weighted by Crippen LogP contribution is -2.45. The maximum absolute atomic E-state index is 12.5. The van der Waals surface area contributed by atoms with Crippen molar-refractivity contribution < 1.29 is 4.79 Å². The Morgan fingerprint density at radius 2 is 2.20 bits per heavy atom. The molecular formula is C15H20N4O. The average molecular weight is 272 g/mol. The summed E-state index contributed by atoms with van der Waals surface area (Å²) < 4.78 is 0. The molecule has 5 heteroatoms. The molecule has 0 N–H and O–H groups in total. The first-order chi connectivity index (χ1) is 9.81. The van der Waals surface area contributed by atoms with Crippen LogP contribution in [0.1, 0.15) is 31.2 Å². The number of piperidine rings is 1. The van der Waals surface area contributed by atoms with Gasteiger partial charge in [-0.25, -0.2) is 4.79 Å². The van der Waals surface area contributed by atoms with Gasteiger partial charge in [-0.2, -0.15) is 5.26 Å². The number of pyridine rings is 1. The van der Waals surface area contributed by atoms with E-state index in [1.165, 1.54) is 6.42 Å². The molecule has 1 aliphatic heterocycles. The zero-order chi connectivity index (χ0) is 14.2. The Hall–Kier alpha value is -2.09. The second-order valence-corrected chi connectivity index (χ2v) is 5.02. The maximum atomic E-state index is 12.5. The smallest absolute Gasteiger partial charge is 0.320 e. The molecule has 5 nitrogen and oxygen atoms in total. The average Bonchev–Trinajstić information content (AvgIpc) is 2.52. The number of carbonyl (C=O) groups excluding carboxylic acids is 1. The molecule has 0 aromatic carbocycles. The lowest BCUT2D eigenvalue weighted by atomic mass is 10.1. The molecule has 0 radical (unpaired) electrons. The molecule has 2 rings (SSSR count). The van der Waals surface area contributed by atoms with Gasteiger partial charge in [-0.15, -0.1) is 0 Å². The number of hydrogen-bond acceptors (Lipinski definition) is 3. The summed E-state index contributed by atoms with van der Waals surface area (Å²) in [5.74, 6) is 0. The largest absolute Gasteiger partial charge is 0.325 e. The first-order valence-electron chi connectivity index (χ1n) is 7.11. The van der Waals surface area contributed by atoms with Crippen LogP contribution >= 0.6 is 0 Å². The molecule has 2 heterocycles. The highest BCUT2D eigenvalue weighted by Crippen LogP contribution is 2.13. The van der Waals surface area contributed by atoms with Crippen LogP contribution in [0.2, 0.25) is 0 Å². The van der Waals surface area contributed by atoms with Crippen LogP contribution in [0.15, 0.2) is 24.5 Å². The Kier molecular flexibility index (Phi) is 5.36. The predicted molar refractivity (Wildman–Crippen MR) is 75.7 cm³/mol. The topological polar surface area (TPSA) is 60.2 Å². The van der Waals surface area contributed by atoms with Crippen LogP contribution in [-0.4, -0.2) is 40.4 Å². The van der Waals surface area contributed by atoms with Crippen molar-refractivity contribution in [2.75, 3.05) is 19.6 Å². The van der Waals surface area contributed by atoms with Crippen molar-refractivity contribution in [2.24, 2.45) is 0 Å². The fraction of sp³-hybridized carbons (Fsp3) is 0.533. The third-order valence-electron chi connectivity index (χ3n) is 3.49. The van der Waals surface area contributed by atoms with E-state index in [1.54, 1.807) is 17.3 Å². The minimum Gasteiger partial charge on any atom is -0.325 e. The second-order valence-electron chi connectivity index (χ2n) is 5.02. The Balaban J connectivity index is 2.02. The highest BCUT2D eigenvalue weighted by Gasteiger charge is 2.22. The summed E-state index contributed by atoms with van der Waals surface area (Å²) in [5.41, 5.74) is 0.996. The van der Waals surface area contributed by atoms with Gasteiger partial charge in [0.1, 0.15) is 0 Å². The number of urea groups is 1. The van der Waals surface area contributed by atoms with Crippen LogP contribution in [0.5, 0.6) is 0 Å². The Morgan fingerprint density at radius 1 is 1.40 bits per heavy atom. The maximum Gasteiger partial charge on any atom is 0.320 e. The van der Waals surface area contributed by atoms with Gasteiger partial charge in [0.2, 0.25) is 0 Å². The zero-order valence-corrected chi connectivity index (χ0v) is 11.7. The molecular weight excluding hydrogens is 252 g/mol. The number of nitriles is 1. The Labute approximate surface area is 119 Å². The third-order valence-corrected chi connectivity index (χ3v) is 3.49. The van der Waals surface area contributed by atoms with Gasteiger partial charge < -0.3 is 9.80 Å². The van der Waals surface area contributed by atoms with E-state index in [4.69, 9.17) is 5.26 Å². The quantitative estimate of drug-likeness (QED) is 0.845. The predicted octanol–water partition coefficient (Wildman–Crippen LogP) is 2.40. The number of nitrogens with zero attached hydrogens (tertiary/aromatic N) is 4. The van der Waals surface area contributed by atoms with Crippen LogP contribution in [0.4, 0.5) is 4.79 Å². The fourth-order valence-electron chi connectivity index (χ4n) is 2.42. The van der Waals surface area contributed by atoms with E-state index in [0.717, 1.165) is 31.5 Å².